The van der Waals surface area contributed by atoms with Crippen molar-refractivity contribution in [1.29, 1.82) is 0 Å². The van der Waals surface area contributed by atoms with Crippen LogP contribution in [0.25, 0.3) is 0 Å². The molecule has 0 amide bonds. The van der Waals surface area contributed by atoms with Crippen LogP contribution in [0.3, 0.4) is 0 Å². The van der Waals surface area contributed by atoms with Gasteiger partial charge in [-0.05, 0) is 37.1 Å². The molecule has 0 N–H and O–H groups in total. The number of hydrogen-bond acceptors (Lipinski definition) is 3. The molecule has 16 heavy (non-hydrogen) atoms. The summed E-state index contributed by atoms with van der Waals surface area (Å²) in [5.74, 6) is 1.27. The van der Waals surface area contributed by atoms with Gasteiger partial charge in [0.15, 0.2) is 0 Å². The van der Waals surface area contributed by atoms with Crippen LogP contribution in [0.15, 0.2) is 30.5 Å². The molecule has 2 rings (SSSR count). The molecular weight excluding hydrogens is 224 g/mol. The van der Waals surface area contributed by atoms with E-state index in [1.54, 1.807) is 6.20 Å². The third-order valence-electron chi connectivity index (χ3n) is 2.20. The first-order valence-electron chi connectivity index (χ1n) is 4.89. The van der Waals surface area contributed by atoms with Gasteiger partial charge in [0.05, 0.1) is 0 Å². The van der Waals surface area contributed by atoms with E-state index in [4.69, 9.17) is 16.3 Å². The Hall–Kier alpha value is -1.61. The zero-order valence-corrected chi connectivity index (χ0v) is 9.82. The van der Waals surface area contributed by atoms with Crippen molar-refractivity contribution in [3.05, 3.63) is 46.9 Å². The highest BCUT2D eigenvalue weighted by Gasteiger charge is 2.06. The van der Waals surface area contributed by atoms with E-state index in [1.165, 1.54) is 0 Å². The number of halogens is 1. The average molecular weight is 235 g/mol. The highest BCUT2D eigenvalue weighted by Crippen LogP contribution is 2.25. The first kappa shape index (κ1) is 10.9. The predicted molar refractivity (Wildman–Crippen MR) is 63.0 cm³/mol. The second-order valence-electron chi connectivity index (χ2n) is 3.49. The van der Waals surface area contributed by atoms with Crippen molar-refractivity contribution in [2.75, 3.05) is 0 Å². The van der Waals surface area contributed by atoms with Gasteiger partial charge in [0.25, 0.3) is 0 Å². The highest BCUT2D eigenvalue weighted by atomic mass is 35.5. The van der Waals surface area contributed by atoms with Crippen LogP contribution in [0.4, 0.5) is 0 Å². The van der Waals surface area contributed by atoms with Crippen molar-refractivity contribution in [2.24, 2.45) is 0 Å². The molecule has 2 aromatic rings. The molecule has 0 saturated carbocycles. The van der Waals surface area contributed by atoms with Crippen LogP contribution in [0.1, 0.15) is 11.1 Å². The number of benzene rings is 1. The molecule has 0 fully saturated rings. The lowest BCUT2D eigenvalue weighted by Crippen LogP contribution is -1.94. The number of nitrogens with zero attached hydrogens (tertiary/aromatic N) is 2. The maximum absolute atomic E-state index is 5.72. The van der Waals surface area contributed by atoms with E-state index in [1.807, 2.05) is 38.1 Å². The third kappa shape index (κ3) is 2.31. The lowest BCUT2D eigenvalue weighted by atomic mass is 10.2. The van der Waals surface area contributed by atoms with Crippen molar-refractivity contribution in [3.8, 4) is 11.6 Å². The molecule has 0 radical (unpaired) electrons. The van der Waals surface area contributed by atoms with E-state index in [0.29, 0.717) is 5.88 Å². The number of ether oxygens (including phenoxy) is 1. The van der Waals surface area contributed by atoms with Crippen LogP contribution in [0, 0.1) is 13.8 Å². The summed E-state index contributed by atoms with van der Waals surface area (Å²) in [5, 5.41) is 0.189. The summed E-state index contributed by atoms with van der Waals surface area (Å²) in [6.45, 7) is 3.86. The second-order valence-corrected chi connectivity index (χ2v) is 3.83. The molecule has 0 atom stereocenters. The quantitative estimate of drug-likeness (QED) is 0.746. The topological polar surface area (TPSA) is 35.0 Å². The Balaban J connectivity index is 2.34. The van der Waals surface area contributed by atoms with Crippen molar-refractivity contribution < 1.29 is 4.74 Å². The Morgan fingerprint density at radius 3 is 2.62 bits per heavy atom. The summed E-state index contributed by atoms with van der Waals surface area (Å²) in [4.78, 5) is 7.92. The molecule has 0 aliphatic heterocycles. The molecule has 3 nitrogen and oxygen atoms in total. The Morgan fingerprint density at radius 2 is 1.88 bits per heavy atom. The second kappa shape index (κ2) is 4.49. The van der Waals surface area contributed by atoms with Gasteiger partial charge in [-0.25, -0.2) is 4.98 Å². The molecule has 4 heteroatoms. The summed E-state index contributed by atoms with van der Waals surface area (Å²) >= 11 is 5.72. The fourth-order valence-corrected chi connectivity index (χ4v) is 1.41. The summed E-state index contributed by atoms with van der Waals surface area (Å²) in [6.07, 6.45) is 1.64. The molecule has 82 valence electrons. The largest absolute Gasteiger partial charge is 0.438 e. The van der Waals surface area contributed by atoms with Crippen molar-refractivity contribution in [2.45, 2.75) is 13.8 Å². The van der Waals surface area contributed by atoms with Gasteiger partial charge in [0, 0.05) is 11.8 Å². The van der Waals surface area contributed by atoms with Crippen LogP contribution < -0.4 is 4.74 Å². The zero-order valence-electron chi connectivity index (χ0n) is 9.07. The van der Waals surface area contributed by atoms with Crippen molar-refractivity contribution in [3.63, 3.8) is 0 Å². The van der Waals surface area contributed by atoms with Crippen LogP contribution in [-0.2, 0) is 0 Å². The summed E-state index contributed by atoms with van der Waals surface area (Å²) in [6, 6.07) is 7.75. The van der Waals surface area contributed by atoms with Gasteiger partial charge in [0.2, 0.25) is 11.2 Å². The van der Waals surface area contributed by atoms with Crippen LogP contribution in [0.5, 0.6) is 11.6 Å². The molecule has 0 spiro atoms. The first-order valence-corrected chi connectivity index (χ1v) is 5.27. The van der Waals surface area contributed by atoms with Crippen molar-refractivity contribution >= 4 is 11.6 Å². The maximum atomic E-state index is 5.72. The van der Waals surface area contributed by atoms with E-state index < -0.39 is 0 Å². The van der Waals surface area contributed by atoms with Crippen LogP contribution in [0.2, 0.25) is 5.28 Å². The number of aryl methyl sites for hydroxylation is 2. The molecule has 0 bridgehead atoms. The minimum atomic E-state index is 0.189. The van der Waals surface area contributed by atoms with E-state index in [0.717, 1.165) is 16.9 Å². The Morgan fingerprint density at radius 1 is 1.12 bits per heavy atom. The zero-order chi connectivity index (χ0) is 11.5. The number of para-hydroxylation sites is 1. The van der Waals surface area contributed by atoms with E-state index in [2.05, 4.69) is 9.97 Å². The molecular formula is C12H11ClN2O. The third-order valence-corrected chi connectivity index (χ3v) is 2.38. The molecule has 1 aromatic carbocycles. The predicted octanol–water partition coefficient (Wildman–Crippen LogP) is 3.54. The minimum Gasteiger partial charge on any atom is -0.438 e. The minimum absolute atomic E-state index is 0.189. The number of aromatic nitrogens is 2. The van der Waals surface area contributed by atoms with Crippen molar-refractivity contribution in [1.82, 2.24) is 9.97 Å². The van der Waals surface area contributed by atoms with Gasteiger partial charge in [0.1, 0.15) is 5.75 Å². The molecule has 1 aromatic heterocycles. The van der Waals surface area contributed by atoms with Gasteiger partial charge in [-0.15, -0.1) is 0 Å². The summed E-state index contributed by atoms with van der Waals surface area (Å²) < 4.78 is 5.69. The van der Waals surface area contributed by atoms with Gasteiger partial charge in [-0.2, -0.15) is 4.98 Å². The van der Waals surface area contributed by atoms with Crippen LogP contribution in [-0.4, -0.2) is 9.97 Å². The van der Waals surface area contributed by atoms with Gasteiger partial charge >= 0.3 is 0 Å². The van der Waals surface area contributed by atoms with E-state index in [-0.39, 0.29) is 5.28 Å². The normalized spacial score (nSPS) is 10.2. The number of rotatable bonds is 2. The Bertz CT molecular complexity index is 514. The monoisotopic (exact) mass is 234 g/mol. The molecule has 0 aliphatic rings. The summed E-state index contributed by atoms with van der Waals surface area (Å²) in [7, 11) is 0. The Kier molecular flexibility index (Phi) is 3.06. The first-order chi connectivity index (χ1) is 7.66. The summed E-state index contributed by atoms with van der Waals surface area (Å²) in [5.41, 5.74) is 1.91. The SMILES string of the molecule is Cc1ccccc1Oc1nc(Cl)ncc1C. The maximum Gasteiger partial charge on any atom is 0.226 e. The Labute approximate surface area is 99.1 Å². The smallest absolute Gasteiger partial charge is 0.226 e. The highest BCUT2D eigenvalue weighted by molar-refractivity contribution is 6.28. The number of hydrogen-bond donors (Lipinski definition) is 0. The molecule has 0 aliphatic carbocycles. The van der Waals surface area contributed by atoms with E-state index >= 15 is 0 Å². The van der Waals surface area contributed by atoms with Crippen LogP contribution >= 0.6 is 11.6 Å². The lowest BCUT2D eigenvalue weighted by Gasteiger charge is -2.09. The van der Waals surface area contributed by atoms with Gasteiger partial charge in [-0.1, -0.05) is 18.2 Å². The molecule has 0 saturated heterocycles. The fraction of sp³-hybridized carbons (Fsp3) is 0.167. The molecule has 1 heterocycles. The fourth-order valence-electron chi connectivity index (χ4n) is 1.28. The van der Waals surface area contributed by atoms with Gasteiger partial charge in [-0.3, -0.25) is 0 Å². The lowest BCUT2D eigenvalue weighted by molar-refractivity contribution is 0.454. The molecule has 0 unspecified atom stereocenters. The van der Waals surface area contributed by atoms with E-state index in [9.17, 15) is 0 Å². The van der Waals surface area contributed by atoms with Gasteiger partial charge < -0.3 is 4.74 Å². The standard InChI is InChI=1S/C12H11ClN2O/c1-8-5-3-4-6-10(8)16-11-9(2)7-14-12(13)15-11/h3-7H,1-2H3. The average Bonchev–Trinajstić information content (AvgIpc) is 2.27.